The molecule has 0 saturated carbocycles. The molecule has 0 aliphatic rings. The molecule has 162 valence electrons. The Labute approximate surface area is 188 Å². The van der Waals surface area contributed by atoms with Crippen LogP contribution in [-0.4, -0.2) is 35.4 Å². The number of hydrogen-bond acceptors (Lipinski definition) is 3. The Kier molecular flexibility index (Phi) is 9.00. The normalized spacial score (nSPS) is 11.8. The fraction of sp³-hybridized carbons (Fsp3) is 0.391. The topological polar surface area (TPSA) is 58.6 Å². The molecule has 1 N–H and O–H groups in total. The fourth-order valence-electron chi connectivity index (χ4n) is 3.07. The van der Waals surface area contributed by atoms with E-state index in [-0.39, 0.29) is 31.0 Å². The summed E-state index contributed by atoms with van der Waals surface area (Å²) in [6.45, 7) is 7.65. The predicted molar refractivity (Wildman–Crippen MR) is 121 cm³/mol. The number of halogens is 2. The van der Waals surface area contributed by atoms with Crippen molar-refractivity contribution in [3.05, 3.63) is 63.6 Å². The summed E-state index contributed by atoms with van der Waals surface area (Å²) in [5.41, 5.74) is 1.82. The van der Waals surface area contributed by atoms with Gasteiger partial charge in [0, 0.05) is 12.6 Å². The Bertz CT molecular complexity index is 887. The molecule has 1 atom stereocenters. The SMILES string of the molecule is CC[C@H](C(=O)NC(C)C)N(Cc1ccc(Cl)c(Cl)c1)C(=O)COc1cccc(C)c1. The van der Waals surface area contributed by atoms with Crippen molar-refractivity contribution < 1.29 is 14.3 Å². The standard InChI is InChI=1S/C23H28Cl2N2O3/c1-5-21(23(29)26-15(2)3)27(13-17-9-10-19(24)20(25)12-17)22(28)14-30-18-8-6-7-16(4)11-18/h6-12,15,21H,5,13-14H2,1-4H3,(H,26,29)/t21-/m1/s1. The van der Waals surface area contributed by atoms with Gasteiger partial charge in [0.2, 0.25) is 5.91 Å². The molecule has 2 rings (SSSR count). The van der Waals surface area contributed by atoms with Crippen molar-refractivity contribution in [2.75, 3.05) is 6.61 Å². The number of aryl methyl sites for hydroxylation is 1. The van der Waals surface area contributed by atoms with E-state index in [1.807, 2.05) is 45.9 Å². The first-order chi connectivity index (χ1) is 14.2. The van der Waals surface area contributed by atoms with E-state index in [1.165, 1.54) is 4.90 Å². The minimum atomic E-state index is -0.629. The molecule has 0 aromatic heterocycles. The quantitative estimate of drug-likeness (QED) is 0.583. The molecular weight excluding hydrogens is 423 g/mol. The zero-order valence-corrected chi connectivity index (χ0v) is 19.3. The predicted octanol–water partition coefficient (Wildman–Crippen LogP) is 5.01. The van der Waals surface area contributed by atoms with E-state index < -0.39 is 6.04 Å². The second kappa shape index (κ2) is 11.2. The number of ether oxygens (including phenoxy) is 1. The molecule has 0 aliphatic carbocycles. The molecule has 0 saturated heterocycles. The van der Waals surface area contributed by atoms with Gasteiger partial charge in [0.05, 0.1) is 10.0 Å². The van der Waals surface area contributed by atoms with Gasteiger partial charge in [-0.3, -0.25) is 9.59 Å². The highest BCUT2D eigenvalue weighted by atomic mass is 35.5. The monoisotopic (exact) mass is 450 g/mol. The third-order valence-electron chi connectivity index (χ3n) is 4.51. The van der Waals surface area contributed by atoms with E-state index in [0.717, 1.165) is 11.1 Å². The average Bonchev–Trinajstić information content (AvgIpc) is 2.68. The van der Waals surface area contributed by atoms with Crippen LogP contribution in [0.15, 0.2) is 42.5 Å². The van der Waals surface area contributed by atoms with Gasteiger partial charge in [0.15, 0.2) is 6.61 Å². The lowest BCUT2D eigenvalue weighted by Crippen LogP contribution is -2.51. The van der Waals surface area contributed by atoms with Crippen molar-refractivity contribution >= 4 is 35.0 Å². The summed E-state index contributed by atoms with van der Waals surface area (Å²) in [4.78, 5) is 27.4. The van der Waals surface area contributed by atoms with Crippen LogP contribution in [-0.2, 0) is 16.1 Å². The van der Waals surface area contributed by atoms with Gasteiger partial charge in [-0.15, -0.1) is 0 Å². The molecule has 0 radical (unpaired) electrons. The summed E-state index contributed by atoms with van der Waals surface area (Å²) in [6, 6.07) is 12.0. The van der Waals surface area contributed by atoms with Crippen molar-refractivity contribution in [3.8, 4) is 5.75 Å². The van der Waals surface area contributed by atoms with E-state index in [1.54, 1.807) is 24.3 Å². The molecule has 30 heavy (non-hydrogen) atoms. The number of amides is 2. The second-order valence-electron chi connectivity index (χ2n) is 7.46. The molecule has 0 unspecified atom stereocenters. The first-order valence-corrected chi connectivity index (χ1v) is 10.7. The number of nitrogens with one attached hydrogen (secondary N) is 1. The van der Waals surface area contributed by atoms with Crippen LogP contribution in [0, 0.1) is 6.92 Å². The molecule has 0 spiro atoms. The molecule has 0 bridgehead atoms. The largest absolute Gasteiger partial charge is 0.484 e. The highest BCUT2D eigenvalue weighted by Gasteiger charge is 2.29. The van der Waals surface area contributed by atoms with Crippen LogP contribution in [0.25, 0.3) is 0 Å². The molecule has 2 amide bonds. The van der Waals surface area contributed by atoms with Crippen LogP contribution >= 0.6 is 23.2 Å². The van der Waals surface area contributed by atoms with Gasteiger partial charge in [-0.2, -0.15) is 0 Å². The smallest absolute Gasteiger partial charge is 0.261 e. The van der Waals surface area contributed by atoms with Crippen molar-refractivity contribution in [1.29, 1.82) is 0 Å². The molecular formula is C23H28Cl2N2O3. The molecule has 0 heterocycles. The van der Waals surface area contributed by atoms with Crippen LogP contribution in [0.1, 0.15) is 38.3 Å². The summed E-state index contributed by atoms with van der Waals surface area (Å²) < 4.78 is 5.70. The van der Waals surface area contributed by atoms with E-state index in [2.05, 4.69) is 5.32 Å². The minimum Gasteiger partial charge on any atom is -0.484 e. The Morgan fingerprint density at radius 3 is 2.43 bits per heavy atom. The number of nitrogens with zero attached hydrogens (tertiary/aromatic N) is 1. The second-order valence-corrected chi connectivity index (χ2v) is 8.28. The number of carbonyl (C=O) groups is 2. The van der Waals surface area contributed by atoms with Crippen molar-refractivity contribution in [2.45, 2.75) is 52.7 Å². The van der Waals surface area contributed by atoms with E-state index in [9.17, 15) is 9.59 Å². The zero-order chi connectivity index (χ0) is 22.3. The molecule has 0 fully saturated rings. The van der Waals surface area contributed by atoms with Crippen molar-refractivity contribution in [2.24, 2.45) is 0 Å². The number of carbonyl (C=O) groups excluding carboxylic acids is 2. The van der Waals surface area contributed by atoms with E-state index >= 15 is 0 Å². The average molecular weight is 451 g/mol. The van der Waals surface area contributed by atoms with E-state index in [4.69, 9.17) is 27.9 Å². The highest BCUT2D eigenvalue weighted by Crippen LogP contribution is 2.24. The lowest BCUT2D eigenvalue weighted by Gasteiger charge is -2.31. The number of rotatable bonds is 9. The minimum absolute atomic E-state index is 0.0305. The lowest BCUT2D eigenvalue weighted by molar-refractivity contribution is -0.143. The molecule has 0 aliphatic heterocycles. The first kappa shape index (κ1) is 24.0. The fourth-order valence-corrected chi connectivity index (χ4v) is 3.39. The van der Waals surface area contributed by atoms with Crippen LogP contribution < -0.4 is 10.1 Å². The maximum atomic E-state index is 13.1. The molecule has 5 nitrogen and oxygen atoms in total. The maximum absolute atomic E-state index is 13.1. The Hall–Kier alpha value is -2.24. The molecule has 7 heteroatoms. The van der Waals surface area contributed by atoms with Gasteiger partial charge < -0.3 is 15.0 Å². The van der Waals surface area contributed by atoms with Gasteiger partial charge >= 0.3 is 0 Å². The third kappa shape index (κ3) is 6.92. The van der Waals surface area contributed by atoms with E-state index in [0.29, 0.717) is 22.2 Å². The maximum Gasteiger partial charge on any atom is 0.261 e. The molecule has 2 aromatic carbocycles. The zero-order valence-electron chi connectivity index (χ0n) is 17.7. The van der Waals surface area contributed by atoms with Crippen LogP contribution in [0.4, 0.5) is 0 Å². The summed E-state index contributed by atoms with van der Waals surface area (Å²) in [5.74, 6) is 0.127. The third-order valence-corrected chi connectivity index (χ3v) is 5.24. The Morgan fingerprint density at radius 2 is 1.83 bits per heavy atom. The summed E-state index contributed by atoms with van der Waals surface area (Å²) in [6.07, 6.45) is 0.468. The van der Waals surface area contributed by atoms with Crippen molar-refractivity contribution in [3.63, 3.8) is 0 Å². The van der Waals surface area contributed by atoms with Gasteiger partial charge in [0.25, 0.3) is 5.91 Å². The number of benzene rings is 2. The van der Waals surface area contributed by atoms with Crippen molar-refractivity contribution in [1.82, 2.24) is 10.2 Å². The summed E-state index contributed by atoms with van der Waals surface area (Å²) >= 11 is 12.1. The lowest BCUT2D eigenvalue weighted by atomic mass is 10.1. The highest BCUT2D eigenvalue weighted by molar-refractivity contribution is 6.42. The van der Waals surface area contributed by atoms with Gasteiger partial charge in [-0.05, 0) is 62.6 Å². The van der Waals surface area contributed by atoms with Gasteiger partial charge in [-0.1, -0.05) is 48.3 Å². The first-order valence-electron chi connectivity index (χ1n) is 9.94. The van der Waals surface area contributed by atoms with Gasteiger partial charge in [-0.25, -0.2) is 0 Å². The molecule has 2 aromatic rings. The van der Waals surface area contributed by atoms with Gasteiger partial charge in [0.1, 0.15) is 11.8 Å². The summed E-state index contributed by atoms with van der Waals surface area (Å²) in [5, 5.41) is 3.73. The van der Waals surface area contributed by atoms with Crippen LogP contribution in [0.3, 0.4) is 0 Å². The number of hydrogen-bond donors (Lipinski definition) is 1. The Balaban J connectivity index is 2.24. The van der Waals surface area contributed by atoms with Crippen LogP contribution in [0.2, 0.25) is 10.0 Å². The Morgan fingerprint density at radius 1 is 1.10 bits per heavy atom. The summed E-state index contributed by atoms with van der Waals surface area (Å²) in [7, 11) is 0. The van der Waals surface area contributed by atoms with Crippen LogP contribution in [0.5, 0.6) is 5.75 Å².